The highest BCUT2D eigenvalue weighted by Crippen LogP contribution is 2.36. The monoisotopic (exact) mass is 245 g/mol. The lowest BCUT2D eigenvalue weighted by molar-refractivity contribution is -0.179. The van der Waals surface area contributed by atoms with Gasteiger partial charge in [-0.3, -0.25) is 4.98 Å². The summed E-state index contributed by atoms with van der Waals surface area (Å²) in [5, 5.41) is 0. The summed E-state index contributed by atoms with van der Waals surface area (Å²) >= 11 is 0. The van der Waals surface area contributed by atoms with Gasteiger partial charge in [-0.2, -0.15) is 13.2 Å². The van der Waals surface area contributed by atoms with E-state index in [1.54, 1.807) is 12.3 Å². The molecule has 0 aromatic carbocycles. The van der Waals surface area contributed by atoms with Crippen molar-refractivity contribution in [2.45, 2.75) is 19.0 Å². The van der Waals surface area contributed by atoms with Gasteiger partial charge in [0, 0.05) is 19.3 Å². The van der Waals surface area contributed by atoms with E-state index in [0.29, 0.717) is 18.8 Å². The average Bonchev–Trinajstić information content (AvgIpc) is 2.29. The second-order valence-corrected chi connectivity index (χ2v) is 4.24. The van der Waals surface area contributed by atoms with Gasteiger partial charge < -0.3 is 10.6 Å². The van der Waals surface area contributed by atoms with Gasteiger partial charge in [0.1, 0.15) is 0 Å². The smallest absolute Gasteiger partial charge is 0.391 e. The molecule has 0 unspecified atom stereocenters. The molecule has 0 bridgehead atoms. The fraction of sp³-hybridized carbons (Fsp3) is 0.545. The Bertz CT molecular complexity index is 384. The Kier molecular flexibility index (Phi) is 3.13. The van der Waals surface area contributed by atoms with Gasteiger partial charge in [-0.05, 0) is 18.9 Å². The van der Waals surface area contributed by atoms with Gasteiger partial charge in [0.2, 0.25) is 0 Å². The highest BCUT2D eigenvalue weighted by molar-refractivity contribution is 5.66. The third-order valence-electron chi connectivity index (χ3n) is 3.13. The standard InChI is InChI=1S/C11H14F3N3/c12-11(13,14)8-2-5-17(6-3-8)10-1-4-16-7-9(10)15/h1,4,7-8H,2-3,5-6,15H2. The molecule has 0 radical (unpaired) electrons. The van der Waals surface area contributed by atoms with Gasteiger partial charge in [0.15, 0.2) is 0 Å². The second-order valence-electron chi connectivity index (χ2n) is 4.24. The summed E-state index contributed by atoms with van der Waals surface area (Å²) in [7, 11) is 0. The number of aromatic nitrogens is 1. The molecule has 1 fully saturated rings. The van der Waals surface area contributed by atoms with Gasteiger partial charge in [-0.1, -0.05) is 0 Å². The maximum atomic E-state index is 12.5. The van der Waals surface area contributed by atoms with E-state index in [0.717, 1.165) is 5.69 Å². The van der Waals surface area contributed by atoms with Gasteiger partial charge in [0.25, 0.3) is 0 Å². The number of halogens is 3. The molecule has 94 valence electrons. The van der Waals surface area contributed by atoms with Crippen LogP contribution in [0.5, 0.6) is 0 Å². The molecular formula is C11H14F3N3. The zero-order valence-corrected chi connectivity index (χ0v) is 9.24. The van der Waals surface area contributed by atoms with Crippen molar-refractivity contribution in [2.75, 3.05) is 23.7 Å². The first-order valence-corrected chi connectivity index (χ1v) is 5.49. The molecule has 0 saturated carbocycles. The number of hydrogen-bond acceptors (Lipinski definition) is 3. The Morgan fingerprint density at radius 2 is 1.94 bits per heavy atom. The molecule has 2 heterocycles. The van der Waals surface area contributed by atoms with Gasteiger partial charge in [0.05, 0.1) is 23.5 Å². The summed E-state index contributed by atoms with van der Waals surface area (Å²) in [5.41, 5.74) is 7.04. The Morgan fingerprint density at radius 1 is 1.29 bits per heavy atom. The summed E-state index contributed by atoms with van der Waals surface area (Å²) in [4.78, 5) is 5.75. The maximum Gasteiger partial charge on any atom is 0.391 e. The number of hydrogen-bond donors (Lipinski definition) is 1. The van der Waals surface area contributed by atoms with Crippen LogP contribution in [0.25, 0.3) is 0 Å². The van der Waals surface area contributed by atoms with Crippen LogP contribution in [0.3, 0.4) is 0 Å². The quantitative estimate of drug-likeness (QED) is 0.826. The fourth-order valence-electron chi connectivity index (χ4n) is 2.14. The van der Waals surface area contributed by atoms with Crippen molar-refractivity contribution < 1.29 is 13.2 Å². The molecule has 1 saturated heterocycles. The van der Waals surface area contributed by atoms with Gasteiger partial charge >= 0.3 is 6.18 Å². The summed E-state index contributed by atoms with van der Waals surface area (Å²) in [6, 6.07) is 1.74. The minimum atomic E-state index is -4.07. The second kappa shape index (κ2) is 4.43. The lowest BCUT2D eigenvalue weighted by Gasteiger charge is -2.34. The highest BCUT2D eigenvalue weighted by Gasteiger charge is 2.41. The van der Waals surface area contributed by atoms with E-state index in [1.807, 2.05) is 4.90 Å². The third-order valence-corrected chi connectivity index (χ3v) is 3.13. The molecule has 2 rings (SSSR count). The van der Waals surface area contributed by atoms with E-state index in [2.05, 4.69) is 4.98 Å². The van der Waals surface area contributed by atoms with Gasteiger partial charge in [-0.15, -0.1) is 0 Å². The van der Waals surface area contributed by atoms with Crippen molar-refractivity contribution in [2.24, 2.45) is 5.92 Å². The Hall–Kier alpha value is -1.46. The molecule has 1 aliphatic rings. The van der Waals surface area contributed by atoms with E-state index >= 15 is 0 Å². The molecule has 1 aromatic heterocycles. The molecule has 0 amide bonds. The number of nitrogen functional groups attached to an aromatic ring is 1. The van der Waals surface area contributed by atoms with Crippen molar-refractivity contribution in [1.82, 2.24) is 4.98 Å². The van der Waals surface area contributed by atoms with Crippen molar-refractivity contribution in [1.29, 1.82) is 0 Å². The molecule has 6 heteroatoms. The van der Waals surface area contributed by atoms with E-state index in [-0.39, 0.29) is 12.8 Å². The van der Waals surface area contributed by atoms with E-state index in [9.17, 15) is 13.2 Å². The molecule has 1 aromatic rings. The zero-order valence-electron chi connectivity index (χ0n) is 9.24. The zero-order chi connectivity index (χ0) is 12.5. The fourth-order valence-corrected chi connectivity index (χ4v) is 2.14. The Labute approximate surface area is 97.4 Å². The normalized spacial score (nSPS) is 18.4. The van der Waals surface area contributed by atoms with Crippen LogP contribution >= 0.6 is 0 Å². The van der Waals surface area contributed by atoms with E-state index in [4.69, 9.17) is 5.73 Å². The van der Waals surface area contributed by atoms with Crippen molar-refractivity contribution in [3.63, 3.8) is 0 Å². The number of pyridine rings is 1. The average molecular weight is 245 g/mol. The first kappa shape index (κ1) is 12.0. The number of alkyl halides is 3. The van der Waals surface area contributed by atoms with Gasteiger partial charge in [-0.25, -0.2) is 0 Å². The van der Waals surface area contributed by atoms with Crippen LogP contribution in [0.4, 0.5) is 24.5 Å². The molecule has 0 spiro atoms. The summed E-state index contributed by atoms with van der Waals surface area (Å²) in [6.45, 7) is 0.775. The molecule has 0 atom stereocenters. The number of nitrogens with zero attached hydrogens (tertiary/aromatic N) is 2. The lowest BCUT2D eigenvalue weighted by Crippen LogP contribution is -2.39. The van der Waals surface area contributed by atoms with E-state index < -0.39 is 12.1 Å². The van der Waals surface area contributed by atoms with Crippen LogP contribution in [-0.4, -0.2) is 24.2 Å². The van der Waals surface area contributed by atoms with Crippen molar-refractivity contribution in [3.05, 3.63) is 18.5 Å². The van der Waals surface area contributed by atoms with Crippen LogP contribution in [0, 0.1) is 5.92 Å². The van der Waals surface area contributed by atoms with Crippen LogP contribution in [0.15, 0.2) is 18.5 Å². The summed E-state index contributed by atoms with van der Waals surface area (Å²) in [5.74, 6) is -1.18. The van der Waals surface area contributed by atoms with E-state index in [1.165, 1.54) is 6.20 Å². The number of anilines is 2. The number of piperidine rings is 1. The molecule has 2 N–H and O–H groups in total. The molecule has 0 aliphatic carbocycles. The number of nitrogens with two attached hydrogens (primary N) is 1. The predicted octanol–water partition coefficient (Wildman–Crippen LogP) is 2.44. The molecule has 3 nitrogen and oxygen atoms in total. The minimum absolute atomic E-state index is 0.130. The van der Waals surface area contributed by atoms with Crippen LogP contribution in [0.2, 0.25) is 0 Å². The SMILES string of the molecule is Nc1cnccc1N1CCC(C(F)(F)F)CC1. The molecule has 1 aliphatic heterocycles. The summed E-state index contributed by atoms with van der Waals surface area (Å²) in [6.07, 6.45) is -0.695. The van der Waals surface area contributed by atoms with Crippen molar-refractivity contribution >= 4 is 11.4 Å². The number of rotatable bonds is 1. The minimum Gasteiger partial charge on any atom is -0.396 e. The Morgan fingerprint density at radius 3 is 2.47 bits per heavy atom. The first-order chi connectivity index (χ1) is 7.98. The first-order valence-electron chi connectivity index (χ1n) is 5.49. The Balaban J connectivity index is 2.03. The van der Waals surface area contributed by atoms with Crippen molar-refractivity contribution in [3.8, 4) is 0 Å². The maximum absolute atomic E-state index is 12.5. The van der Waals surface area contributed by atoms with Crippen LogP contribution in [-0.2, 0) is 0 Å². The predicted molar refractivity (Wildman–Crippen MR) is 59.6 cm³/mol. The topological polar surface area (TPSA) is 42.1 Å². The largest absolute Gasteiger partial charge is 0.396 e. The third kappa shape index (κ3) is 2.62. The van der Waals surface area contributed by atoms with Crippen LogP contribution < -0.4 is 10.6 Å². The lowest BCUT2D eigenvalue weighted by atomic mass is 9.96. The highest BCUT2D eigenvalue weighted by atomic mass is 19.4. The summed E-state index contributed by atoms with van der Waals surface area (Å²) < 4.78 is 37.5. The molecule has 17 heavy (non-hydrogen) atoms. The van der Waals surface area contributed by atoms with Crippen LogP contribution in [0.1, 0.15) is 12.8 Å². The molecular weight excluding hydrogens is 231 g/mol.